The molecule has 2 rings (SSSR count). The molecule has 1 aromatic rings. The van der Waals surface area contributed by atoms with Crippen molar-refractivity contribution in [1.29, 1.82) is 0 Å². The van der Waals surface area contributed by atoms with Crippen molar-refractivity contribution in [3.8, 4) is 0 Å². The van der Waals surface area contributed by atoms with Gasteiger partial charge in [0.05, 0.1) is 6.10 Å². The Morgan fingerprint density at radius 3 is 2.88 bits per heavy atom. The second kappa shape index (κ2) is 4.29. The third kappa shape index (κ3) is 2.36. The highest BCUT2D eigenvalue weighted by molar-refractivity contribution is 5.88. The quantitative estimate of drug-likeness (QED) is 0.707. The van der Waals surface area contributed by atoms with Crippen LogP contribution in [-0.2, 0) is 0 Å². The fraction of sp³-hybridized carbons (Fsp3) is 0.545. The first-order valence-corrected chi connectivity index (χ1v) is 5.52. The minimum absolute atomic E-state index is 0.0145. The highest BCUT2D eigenvalue weighted by Crippen LogP contribution is 2.40. The van der Waals surface area contributed by atoms with Gasteiger partial charge in [-0.3, -0.25) is 5.32 Å². The number of nitrogens with zero attached hydrogens (tertiary/aromatic N) is 2. The smallest absolute Gasteiger partial charge is 0.320 e. The molecule has 0 radical (unpaired) electrons. The Kier molecular flexibility index (Phi) is 2.97. The molecule has 3 N–H and O–H groups in total. The summed E-state index contributed by atoms with van der Waals surface area (Å²) in [7, 11) is 0. The third-order valence-electron chi connectivity index (χ3n) is 3.34. The largest absolute Gasteiger partial charge is 0.392 e. The van der Waals surface area contributed by atoms with Gasteiger partial charge in [0.25, 0.3) is 0 Å². The van der Waals surface area contributed by atoms with Crippen LogP contribution in [0.15, 0.2) is 18.6 Å². The van der Waals surface area contributed by atoms with Crippen molar-refractivity contribution in [2.24, 2.45) is 5.41 Å². The van der Waals surface area contributed by atoms with E-state index in [2.05, 4.69) is 20.6 Å². The summed E-state index contributed by atoms with van der Waals surface area (Å²) in [4.78, 5) is 19.3. The van der Waals surface area contributed by atoms with Crippen LogP contribution in [0.2, 0.25) is 0 Å². The standard InChI is InChI=1S/C11H16N4O2/c1-11(2)7(5-8(11)16)14-10(17)15-9-3-4-12-6-13-9/h3-4,6-8,16H,5H2,1-2H3,(H2,12,13,14,15,17). The highest BCUT2D eigenvalue weighted by atomic mass is 16.3. The second-order valence-electron chi connectivity index (χ2n) is 4.82. The maximum absolute atomic E-state index is 11.6. The van der Waals surface area contributed by atoms with E-state index in [1.54, 1.807) is 12.3 Å². The average molecular weight is 236 g/mol. The summed E-state index contributed by atoms with van der Waals surface area (Å²) in [5.74, 6) is 0.454. The molecule has 0 bridgehead atoms. The molecule has 1 heterocycles. The Hall–Kier alpha value is -1.69. The molecule has 0 spiro atoms. The zero-order valence-corrected chi connectivity index (χ0v) is 9.84. The molecule has 17 heavy (non-hydrogen) atoms. The summed E-state index contributed by atoms with van der Waals surface area (Å²) in [5.41, 5.74) is -0.275. The number of carbonyl (C=O) groups is 1. The van der Waals surface area contributed by atoms with Crippen LogP contribution in [0.4, 0.5) is 10.6 Å². The molecule has 1 aromatic heterocycles. The molecule has 1 aliphatic carbocycles. The number of aliphatic hydroxyl groups excluding tert-OH is 1. The molecule has 6 heteroatoms. The van der Waals surface area contributed by atoms with Crippen molar-refractivity contribution in [3.05, 3.63) is 18.6 Å². The molecule has 2 amide bonds. The number of aliphatic hydroxyl groups is 1. The van der Waals surface area contributed by atoms with Gasteiger partial charge >= 0.3 is 6.03 Å². The average Bonchev–Trinajstić information content (AvgIpc) is 2.30. The first kappa shape index (κ1) is 11.8. The highest BCUT2D eigenvalue weighted by Gasteiger charge is 2.47. The first-order valence-electron chi connectivity index (χ1n) is 5.52. The number of anilines is 1. The van der Waals surface area contributed by atoms with Gasteiger partial charge in [0, 0.05) is 17.7 Å². The number of hydrogen-bond acceptors (Lipinski definition) is 4. The summed E-state index contributed by atoms with van der Waals surface area (Å²) in [5, 5.41) is 15.0. The van der Waals surface area contributed by atoms with Crippen molar-refractivity contribution in [3.63, 3.8) is 0 Å². The van der Waals surface area contributed by atoms with Crippen LogP contribution in [0.5, 0.6) is 0 Å². The number of hydrogen-bond donors (Lipinski definition) is 3. The Morgan fingerprint density at radius 1 is 1.59 bits per heavy atom. The van der Waals surface area contributed by atoms with E-state index in [4.69, 9.17) is 0 Å². The van der Waals surface area contributed by atoms with Gasteiger partial charge < -0.3 is 10.4 Å². The van der Waals surface area contributed by atoms with E-state index in [1.807, 2.05) is 13.8 Å². The van der Waals surface area contributed by atoms with Gasteiger partial charge in [0.2, 0.25) is 0 Å². The monoisotopic (exact) mass is 236 g/mol. The van der Waals surface area contributed by atoms with Gasteiger partial charge in [-0.25, -0.2) is 14.8 Å². The predicted octanol–water partition coefficient (Wildman–Crippen LogP) is 0.758. The van der Waals surface area contributed by atoms with E-state index in [1.165, 1.54) is 6.33 Å². The summed E-state index contributed by atoms with van der Waals surface area (Å²) in [6.07, 6.45) is 3.16. The minimum Gasteiger partial charge on any atom is -0.392 e. The van der Waals surface area contributed by atoms with Crippen LogP contribution < -0.4 is 10.6 Å². The number of amides is 2. The maximum atomic E-state index is 11.6. The Labute approximate surface area is 99.5 Å². The fourth-order valence-electron chi connectivity index (χ4n) is 1.82. The van der Waals surface area contributed by atoms with Crippen molar-refractivity contribution in [1.82, 2.24) is 15.3 Å². The van der Waals surface area contributed by atoms with Gasteiger partial charge in [-0.1, -0.05) is 13.8 Å². The zero-order chi connectivity index (χ0) is 12.5. The normalized spacial score (nSPS) is 25.8. The van der Waals surface area contributed by atoms with Gasteiger partial charge in [0.1, 0.15) is 12.1 Å². The van der Waals surface area contributed by atoms with Crippen LogP contribution in [0.1, 0.15) is 20.3 Å². The Bertz CT molecular complexity index is 407. The van der Waals surface area contributed by atoms with Gasteiger partial charge in [-0.2, -0.15) is 0 Å². The molecule has 1 fully saturated rings. The lowest BCUT2D eigenvalue weighted by Crippen LogP contribution is -2.61. The van der Waals surface area contributed by atoms with Crippen molar-refractivity contribution in [2.45, 2.75) is 32.4 Å². The maximum Gasteiger partial charge on any atom is 0.320 e. The van der Waals surface area contributed by atoms with E-state index in [-0.39, 0.29) is 23.6 Å². The van der Waals surface area contributed by atoms with E-state index in [0.29, 0.717) is 12.2 Å². The lowest BCUT2D eigenvalue weighted by atomic mass is 9.65. The van der Waals surface area contributed by atoms with Crippen molar-refractivity contribution >= 4 is 11.8 Å². The Morgan fingerprint density at radius 2 is 2.35 bits per heavy atom. The van der Waals surface area contributed by atoms with Crippen molar-refractivity contribution in [2.75, 3.05) is 5.32 Å². The van der Waals surface area contributed by atoms with E-state index >= 15 is 0 Å². The fourth-order valence-corrected chi connectivity index (χ4v) is 1.82. The molecule has 2 unspecified atom stereocenters. The number of urea groups is 1. The predicted molar refractivity (Wildman–Crippen MR) is 62.4 cm³/mol. The van der Waals surface area contributed by atoms with Crippen LogP contribution in [0, 0.1) is 5.41 Å². The lowest BCUT2D eigenvalue weighted by Gasteiger charge is -2.49. The minimum atomic E-state index is -0.355. The van der Waals surface area contributed by atoms with Crippen LogP contribution in [0.25, 0.3) is 0 Å². The molecule has 1 saturated carbocycles. The SMILES string of the molecule is CC1(C)C(O)CC1NC(=O)Nc1ccncn1. The molecule has 0 aromatic carbocycles. The topological polar surface area (TPSA) is 87.1 Å². The molecule has 92 valence electrons. The van der Waals surface area contributed by atoms with E-state index in [9.17, 15) is 9.90 Å². The summed E-state index contributed by atoms with van der Waals surface area (Å²) < 4.78 is 0. The summed E-state index contributed by atoms with van der Waals surface area (Å²) in [6.45, 7) is 3.85. The lowest BCUT2D eigenvalue weighted by molar-refractivity contribution is -0.0673. The summed E-state index contributed by atoms with van der Waals surface area (Å²) in [6, 6.07) is 1.29. The molecule has 1 aliphatic rings. The molecule has 6 nitrogen and oxygen atoms in total. The second-order valence-corrected chi connectivity index (χ2v) is 4.82. The molecule has 0 saturated heterocycles. The molecular formula is C11H16N4O2. The number of aromatic nitrogens is 2. The van der Waals surface area contributed by atoms with E-state index in [0.717, 1.165) is 0 Å². The van der Waals surface area contributed by atoms with Crippen LogP contribution in [-0.4, -0.2) is 33.3 Å². The number of carbonyl (C=O) groups excluding carboxylic acids is 1. The van der Waals surface area contributed by atoms with Crippen LogP contribution in [0.3, 0.4) is 0 Å². The zero-order valence-electron chi connectivity index (χ0n) is 9.84. The van der Waals surface area contributed by atoms with Crippen LogP contribution >= 0.6 is 0 Å². The Balaban J connectivity index is 1.87. The third-order valence-corrected chi connectivity index (χ3v) is 3.34. The van der Waals surface area contributed by atoms with Gasteiger partial charge in [-0.05, 0) is 12.5 Å². The number of nitrogens with one attached hydrogen (secondary N) is 2. The molecule has 2 atom stereocenters. The molecule has 0 aliphatic heterocycles. The van der Waals surface area contributed by atoms with Gasteiger partial charge in [0.15, 0.2) is 0 Å². The van der Waals surface area contributed by atoms with E-state index < -0.39 is 0 Å². The van der Waals surface area contributed by atoms with Gasteiger partial charge in [-0.15, -0.1) is 0 Å². The number of rotatable bonds is 2. The molecular weight excluding hydrogens is 220 g/mol. The summed E-state index contributed by atoms with van der Waals surface area (Å²) >= 11 is 0. The first-order chi connectivity index (χ1) is 8.00. The van der Waals surface area contributed by atoms with Crippen molar-refractivity contribution < 1.29 is 9.90 Å².